The fourth-order valence-corrected chi connectivity index (χ4v) is 3.23. The molecular formula is C14H19N3O3. The molecule has 1 amide bonds. The molecule has 2 heterocycles. The van der Waals surface area contributed by atoms with Gasteiger partial charge < -0.3 is 15.0 Å². The van der Waals surface area contributed by atoms with E-state index in [-0.39, 0.29) is 23.1 Å². The molecule has 1 aromatic heterocycles. The number of hydrogen-bond donors (Lipinski definition) is 2. The van der Waals surface area contributed by atoms with Gasteiger partial charge in [0.15, 0.2) is 0 Å². The Labute approximate surface area is 116 Å². The summed E-state index contributed by atoms with van der Waals surface area (Å²) < 4.78 is 0. The summed E-state index contributed by atoms with van der Waals surface area (Å²) >= 11 is 0. The van der Waals surface area contributed by atoms with Crippen LogP contribution in [0.5, 0.6) is 0 Å². The van der Waals surface area contributed by atoms with Gasteiger partial charge in [-0.3, -0.25) is 9.59 Å². The fourth-order valence-electron chi connectivity index (χ4n) is 3.23. The first-order chi connectivity index (χ1) is 9.50. The van der Waals surface area contributed by atoms with Crippen LogP contribution < -0.4 is 5.56 Å². The maximum Gasteiger partial charge on any atom is 0.274 e. The summed E-state index contributed by atoms with van der Waals surface area (Å²) in [6, 6.07) is 0. The van der Waals surface area contributed by atoms with E-state index in [0.717, 1.165) is 25.5 Å². The van der Waals surface area contributed by atoms with Crippen LogP contribution >= 0.6 is 0 Å². The van der Waals surface area contributed by atoms with Crippen molar-refractivity contribution < 1.29 is 9.90 Å². The zero-order chi connectivity index (χ0) is 14.3. The standard InChI is InChI=1S/C14H19N3O3/c1-9-7-17(8-14(9,20)10-3-2-4-10)13(19)11-5-16-12(18)6-15-11/h5-6,9-10,20H,2-4,7-8H2,1H3,(H,16,18)/t9-,14+/m1/s1. The lowest BCUT2D eigenvalue weighted by Crippen LogP contribution is -2.48. The summed E-state index contributed by atoms with van der Waals surface area (Å²) in [4.78, 5) is 31.3. The molecule has 6 nitrogen and oxygen atoms in total. The number of hydrogen-bond acceptors (Lipinski definition) is 4. The van der Waals surface area contributed by atoms with E-state index in [4.69, 9.17) is 0 Å². The summed E-state index contributed by atoms with van der Waals surface area (Å²) in [7, 11) is 0. The Kier molecular flexibility index (Phi) is 3.12. The third kappa shape index (κ3) is 2.04. The summed E-state index contributed by atoms with van der Waals surface area (Å²) in [5.41, 5.74) is -0.882. The van der Waals surface area contributed by atoms with Crippen LogP contribution in [0.3, 0.4) is 0 Å². The molecule has 2 aliphatic rings. The van der Waals surface area contributed by atoms with Crippen molar-refractivity contribution in [2.24, 2.45) is 11.8 Å². The van der Waals surface area contributed by atoms with Gasteiger partial charge in [0.05, 0.1) is 18.3 Å². The van der Waals surface area contributed by atoms with Crippen LogP contribution in [0.4, 0.5) is 0 Å². The van der Waals surface area contributed by atoms with Crippen molar-refractivity contribution in [3.05, 3.63) is 28.4 Å². The van der Waals surface area contributed by atoms with E-state index in [9.17, 15) is 14.7 Å². The molecule has 1 aliphatic carbocycles. The van der Waals surface area contributed by atoms with E-state index < -0.39 is 5.60 Å². The highest BCUT2D eigenvalue weighted by Gasteiger charge is 2.51. The lowest BCUT2D eigenvalue weighted by molar-refractivity contribution is -0.0660. The Bertz CT molecular complexity index is 561. The van der Waals surface area contributed by atoms with E-state index in [1.165, 1.54) is 6.20 Å². The first-order valence-corrected chi connectivity index (χ1v) is 7.07. The van der Waals surface area contributed by atoms with Crippen molar-refractivity contribution in [3.8, 4) is 0 Å². The highest BCUT2D eigenvalue weighted by molar-refractivity contribution is 5.92. The van der Waals surface area contributed by atoms with Gasteiger partial charge in [0, 0.05) is 18.7 Å². The number of aliphatic hydroxyl groups is 1. The van der Waals surface area contributed by atoms with Crippen LogP contribution in [-0.2, 0) is 0 Å². The number of H-pyrrole nitrogens is 1. The number of β-amino-alcohol motifs (C(OH)–C–C–N with tert-alkyl or cyclic N) is 1. The minimum absolute atomic E-state index is 0.0690. The normalized spacial score (nSPS) is 30.3. The van der Waals surface area contributed by atoms with Crippen LogP contribution in [-0.4, -0.2) is 44.6 Å². The van der Waals surface area contributed by atoms with Gasteiger partial charge in [0.2, 0.25) is 0 Å². The third-order valence-electron chi connectivity index (χ3n) is 4.78. The number of nitrogens with zero attached hydrogens (tertiary/aromatic N) is 2. The molecule has 6 heteroatoms. The maximum atomic E-state index is 12.4. The van der Waals surface area contributed by atoms with Crippen LogP contribution in [0.25, 0.3) is 0 Å². The predicted octanol–water partition coefficient (Wildman–Crippen LogP) is 0.393. The smallest absolute Gasteiger partial charge is 0.274 e. The number of amides is 1. The van der Waals surface area contributed by atoms with Gasteiger partial charge in [-0.2, -0.15) is 0 Å². The van der Waals surface area contributed by atoms with Crippen molar-refractivity contribution >= 4 is 5.91 Å². The molecule has 0 aromatic carbocycles. The largest absolute Gasteiger partial charge is 0.387 e. The zero-order valence-corrected chi connectivity index (χ0v) is 11.5. The Morgan fingerprint density at radius 3 is 2.85 bits per heavy atom. The fraction of sp³-hybridized carbons (Fsp3) is 0.643. The second-order valence-corrected chi connectivity index (χ2v) is 6.00. The number of likely N-dealkylation sites (tertiary alicyclic amines) is 1. The van der Waals surface area contributed by atoms with Gasteiger partial charge in [0.25, 0.3) is 11.5 Å². The molecule has 3 rings (SSSR count). The Morgan fingerprint density at radius 2 is 2.30 bits per heavy atom. The highest BCUT2D eigenvalue weighted by atomic mass is 16.3. The van der Waals surface area contributed by atoms with E-state index in [1.807, 2.05) is 6.92 Å². The minimum Gasteiger partial charge on any atom is -0.387 e. The summed E-state index contributed by atoms with van der Waals surface area (Å²) in [5, 5.41) is 10.8. The van der Waals surface area contributed by atoms with Crippen LogP contribution in [0, 0.1) is 11.8 Å². The molecule has 1 saturated heterocycles. The van der Waals surface area contributed by atoms with Crippen LogP contribution in [0.2, 0.25) is 0 Å². The first kappa shape index (κ1) is 13.3. The van der Waals surface area contributed by atoms with Crippen molar-refractivity contribution in [1.29, 1.82) is 0 Å². The molecule has 20 heavy (non-hydrogen) atoms. The number of carbonyl (C=O) groups is 1. The van der Waals surface area contributed by atoms with Gasteiger partial charge in [-0.05, 0) is 18.8 Å². The molecule has 0 bridgehead atoms. The number of aromatic nitrogens is 2. The van der Waals surface area contributed by atoms with Crippen molar-refractivity contribution in [3.63, 3.8) is 0 Å². The van der Waals surface area contributed by atoms with E-state index in [1.54, 1.807) is 4.90 Å². The number of rotatable bonds is 2. The number of carbonyl (C=O) groups excluding carboxylic acids is 1. The summed E-state index contributed by atoms with van der Waals surface area (Å²) in [6.07, 6.45) is 5.68. The van der Waals surface area contributed by atoms with Gasteiger partial charge >= 0.3 is 0 Å². The average Bonchev–Trinajstić information content (AvgIpc) is 2.64. The van der Waals surface area contributed by atoms with Crippen LogP contribution in [0.1, 0.15) is 36.7 Å². The molecule has 0 radical (unpaired) electrons. The monoisotopic (exact) mass is 277 g/mol. The van der Waals surface area contributed by atoms with Gasteiger partial charge in [-0.1, -0.05) is 13.3 Å². The van der Waals surface area contributed by atoms with E-state index >= 15 is 0 Å². The lowest BCUT2D eigenvalue weighted by atomic mass is 9.69. The molecule has 0 unspecified atom stereocenters. The van der Waals surface area contributed by atoms with Gasteiger partial charge in [0.1, 0.15) is 5.69 Å². The van der Waals surface area contributed by atoms with E-state index in [0.29, 0.717) is 19.0 Å². The van der Waals surface area contributed by atoms with Gasteiger partial charge in [-0.15, -0.1) is 0 Å². The molecule has 2 fully saturated rings. The second kappa shape index (κ2) is 4.70. The Morgan fingerprint density at radius 1 is 1.55 bits per heavy atom. The van der Waals surface area contributed by atoms with Gasteiger partial charge in [-0.25, -0.2) is 4.98 Å². The number of nitrogens with one attached hydrogen (secondary N) is 1. The van der Waals surface area contributed by atoms with Crippen molar-refractivity contribution in [2.75, 3.05) is 13.1 Å². The highest BCUT2D eigenvalue weighted by Crippen LogP contribution is 2.44. The molecule has 1 aromatic rings. The first-order valence-electron chi connectivity index (χ1n) is 7.07. The molecule has 108 valence electrons. The quantitative estimate of drug-likeness (QED) is 0.819. The Balaban J connectivity index is 1.77. The molecule has 2 N–H and O–H groups in total. The minimum atomic E-state index is -0.768. The summed E-state index contributed by atoms with van der Waals surface area (Å²) in [6.45, 7) is 2.89. The maximum absolute atomic E-state index is 12.4. The SMILES string of the molecule is C[C@@H]1CN(C(=O)c2c[nH]c(=O)cn2)C[C@@]1(O)C1CCC1. The molecule has 1 saturated carbocycles. The molecular weight excluding hydrogens is 258 g/mol. The van der Waals surface area contributed by atoms with Crippen molar-refractivity contribution in [1.82, 2.24) is 14.9 Å². The Hall–Kier alpha value is -1.69. The number of aromatic amines is 1. The zero-order valence-electron chi connectivity index (χ0n) is 11.5. The van der Waals surface area contributed by atoms with E-state index in [2.05, 4.69) is 9.97 Å². The summed E-state index contributed by atoms with van der Waals surface area (Å²) in [5.74, 6) is 0.140. The second-order valence-electron chi connectivity index (χ2n) is 6.00. The lowest BCUT2D eigenvalue weighted by Gasteiger charge is -2.41. The molecule has 1 aliphatic heterocycles. The average molecular weight is 277 g/mol. The van der Waals surface area contributed by atoms with Crippen LogP contribution in [0.15, 0.2) is 17.2 Å². The third-order valence-corrected chi connectivity index (χ3v) is 4.78. The molecule has 0 spiro atoms. The molecule has 2 atom stereocenters. The van der Waals surface area contributed by atoms with Crippen molar-refractivity contribution in [2.45, 2.75) is 31.8 Å². The predicted molar refractivity (Wildman–Crippen MR) is 72.2 cm³/mol. The topological polar surface area (TPSA) is 86.3 Å².